The van der Waals surface area contributed by atoms with E-state index in [1.807, 2.05) is 55.5 Å². The Bertz CT molecular complexity index is 1040. The zero-order valence-electron chi connectivity index (χ0n) is 15.4. The molecule has 1 aromatic heterocycles. The molecule has 0 fully saturated rings. The van der Waals surface area contributed by atoms with Crippen molar-refractivity contribution >= 4 is 29.3 Å². The Morgan fingerprint density at radius 1 is 1.07 bits per heavy atom. The van der Waals surface area contributed by atoms with E-state index in [9.17, 15) is 9.59 Å². The maximum absolute atomic E-state index is 13.0. The van der Waals surface area contributed by atoms with Crippen LogP contribution >= 0.6 is 11.8 Å². The molecule has 0 saturated heterocycles. The predicted octanol–water partition coefficient (Wildman–Crippen LogP) is 4.14. The van der Waals surface area contributed by atoms with Crippen LogP contribution in [0.3, 0.4) is 0 Å². The Balaban J connectivity index is 1.63. The standard InChI is InChI=1S/C22H19N3O2S/c1-2-25-18-13-15(21(26)24-14-16-7-5-6-12-23-16)10-11-20(18)28-19-9-4-3-8-17(19)22(25)27/h3-13H,2,14H2,1H3,(H,24,26). The fraction of sp³-hybridized carbons (Fsp3) is 0.136. The van der Waals surface area contributed by atoms with Gasteiger partial charge in [-0.2, -0.15) is 0 Å². The number of carbonyl (C=O) groups excluding carboxylic acids is 2. The summed E-state index contributed by atoms with van der Waals surface area (Å²) in [6.07, 6.45) is 1.70. The molecule has 2 amide bonds. The number of nitrogens with zero attached hydrogens (tertiary/aromatic N) is 2. The van der Waals surface area contributed by atoms with Crippen molar-refractivity contribution in [2.75, 3.05) is 11.4 Å². The monoisotopic (exact) mass is 389 g/mol. The van der Waals surface area contributed by atoms with Crippen LogP contribution in [0.5, 0.6) is 0 Å². The van der Waals surface area contributed by atoms with Gasteiger partial charge in [-0.25, -0.2) is 0 Å². The van der Waals surface area contributed by atoms with Crippen LogP contribution in [0, 0.1) is 0 Å². The molecule has 28 heavy (non-hydrogen) atoms. The van der Waals surface area contributed by atoms with Gasteiger partial charge in [0.1, 0.15) is 0 Å². The SMILES string of the molecule is CCN1C(=O)c2ccccc2Sc2ccc(C(=O)NCc3ccccn3)cc21. The number of aromatic nitrogens is 1. The fourth-order valence-corrected chi connectivity index (χ4v) is 4.21. The van der Waals surface area contributed by atoms with E-state index in [1.165, 1.54) is 0 Å². The van der Waals surface area contributed by atoms with Gasteiger partial charge in [0.2, 0.25) is 0 Å². The first kappa shape index (κ1) is 18.3. The second-order valence-corrected chi connectivity index (χ2v) is 7.42. The Morgan fingerprint density at radius 3 is 2.68 bits per heavy atom. The Morgan fingerprint density at radius 2 is 1.89 bits per heavy atom. The predicted molar refractivity (Wildman–Crippen MR) is 110 cm³/mol. The fourth-order valence-electron chi connectivity index (χ4n) is 3.15. The zero-order chi connectivity index (χ0) is 19.5. The lowest BCUT2D eigenvalue weighted by molar-refractivity contribution is 0.0947. The lowest BCUT2D eigenvalue weighted by atomic mass is 10.1. The van der Waals surface area contributed by atoms with Gasteiger partial charge in [-0.3, -0.25) is 14.6 Å². The van der Waals surface area contributed by atoms with Gasteiger partial charge in [-0.1, -0.05) is 30.0 Å². The number of hydrogen-bond acceptors (Lipinski definition) is 4. The van der Waals surface area contributed by atoms with Crippen LogP contribution in [-0.4, -0.2) is 23.3 Å². The lowest BCUT2D eigenvalue weighted by Crippen LogP contribution is -2.31. The molecule has 0 radical (unpaired) electrons. The van der Waals surface area contributed by atoms with E-state index in [0.29, 0.717) is 24.2 Å². The molecule has 2 aromatic carbocycles. The highest BCUT2D eigenvalue weighted by Crippen LogP contribution is 2.41. The van der Waals surface area contributed by atoms with Crippen LogP contribution < -0.4 is 10.2 Å². The van der Waals surface area contributed by atoms with Gasteiger partial charge in [0.05, 0.1) is 23.5 Å². The Labute approximate surface area is 167 Å². The highest BCUT2D eigenvalue weighted by Gasteiger charge is 2.26. The topological polar surface area (TPSA) is 62.3 Å². The van der Waals surface area contributed by atoms with Crippen LogP contribution in [0.15, 0.2) is 76.7 Å². The van der Waals surface area contributed by atoms with E-state index in [4.69, 9.17) is 0 Å². The molecular weight excluding hydrogens is 370 g/mol. The minimum absolute atomic E-state index is 0.0459. The number of benzene rings is 2. The van der Waals surface area contributed by atoms with Crippen molar-refractivity contribution in [2.24, 2.45) is 0 Å². The molecule has 0 saturated carbocycles. The first-order chi connectivity index (χ1) is 13.7. The Hall–Kier alpha value is -3.12. The normalized spacial score (nSPS) is 12.8. The van der Waals surface area contributed by atoms with Crippen molar-refractivity contribution in [2.45, 2.75) is 23.3 Å². The average molecular weight is 389 g/mol. The first-order valence-electron chi connectivity index (χ1n) is 9.08. The molecule has 6 heteroatoms. The van der Waals surface area contributed by atoms with Crippen molar-refractivity contribution in [1.29, 1.82) is 0 Å². The first-order valence-corrected chi connectivity index (χ1v) is 9.90. The van der Waals surface area contributed by atoms with Crippen molar-refractivity contribution in [1.82, 2.24) is 10.3 Å². The van der Waals surface area contributed by atoms with Crippen molar-refractivity contribution in [3.05, 3.63) is 83.7 Å². The van der Waals surface area contributed by atoms with E-state index in [-0.39, 0.29) is 11.8 Å². The summed E-state index contributed by atoms with van der Waals surface area (Å²) in [5, 5.41) is 2.89. The van der Waals surface area contributed by atoms with Gasteiger partial charge in [0.25, 0.3) is 11.8 Å². The summed E-state index contributed by atoms with van der Waals surface area (Å²) in [6, 6.07) is 18.7. The third kappa shape index (κ3) is 3.51. The smallest absolute Gasteiger partial charge is 0.259 e. The molecule has 1 N–H and O–H groups in total. The van der Waals surface area contributed by atoms with E-state index in [2.05, 4.69) is 10.3 Å². The maximum atomic E-state index is 13.0. The van der Waals surface area contributed by atoms with Gasteiger partial charge in [-0.15, -0.1) is 0 Å². The molecule has 4 rings (SSSR count). The molecular formula is C22H19N3O2S. The highest BCUT2D eigenvalue weighted by atomic mass is 32.2. The molecule has 0 spiro atoms. The number of anilines is 1. The summed E-state index contributed by atoms with van der Waals surface area (Å²) < 4.78 is 0. The second-order valence-electron chi connectivity index (χ2n) is 6.33. The van der Waals surface area contributed by atoms with E-state index >= 15 is 0 Å². The average Bonchev–Trinajstić information content (AvgIpc) is 2.86. The summed E-state index contributed by atoms with van der Waals surface area (Å²) in [4.78, 5) is 33.5. The van der Waals surface area contributed by atoms with Gasteiger partial charge in [0, 0.05) is 28.1 Å². The number of carbonyl (C=O) groups is 2. The maximum Gasteiger partial charge on any atom is 0.259 e. The van der Waals surface area contributed by atoms with Crippen LogP contribution in [0.1, 0.15) is 33.3 Å². The van der Waals surface area contributed by atoms with Crippen LogP contribution in [0.2, 0.25) is 0 Å². The molecule has 0 unspecified atom stereocenters. The Kier molecular flexibility index (Phi) is 5.12. The molecule has 140 valence electrons. The number of fused-ring (bicyclic) bond motifs is 2. The van der Waals surface area contributed by atoms with Gasteiger partial charge >= 0.3 is 0 Å². The van der Waals surface area contributed by atoms with Gasteiger partial charge < -0.3 is 10.2 Å². The molecule has 5 nitrogen and oxygen atoms in total. The largest absolute Gasteiger partial charge is 0.346 e. The molecule has 1 aliphatic rings. The summed E-state index contributed by atoms with van der Waals surface area (Å²) in [5.41, 5.74) is 2.76. The number of amides is 2. The van der Waals surface area contributed by atoms with Crippen molar-refractivity contribution < 1.29 is 9.59 Å². The van der Waals surface area contributed by atoms with Gasteiger partial charge in [-0.05, 0) is 49.4 Å². The molecule has 0 aliphatic carbocycles. The van der Waals surface area contributed by atoms with E-state index in [0.717, 1.165) is 21.2 Å². The van der Waals surface area contributed by atoms with E-state index < -0.39 is 0 Å². The molecule has 2 heterocycles. The van der Waals surface area contributed by atoms with Crippen LogP contribution in [0.25, 0.3) is 0 Å². The van der Waals surface area contributed by atoms with Gasteiger partial charge in [0.15, 0.2) is 0 Å². The van der Waals surface area contributed by atoms with Crippen LogP contribution in [0.4, 0.5) is 5.69 Å². The summed E-state index contributed by atoms with van der Waals surface area (Å²) >= 11 is 1.55. The summed E-state index contributed by atoms with van der Waals surface area (Å²) in [5.74, 6) is -0.237. The highest BCUT2D eigenvalue weighted by molar-refractivity contribution is 7.99. The molecule has 1 aliphatic heterocycles. The lowest BCUT2D eigenvalue weighted by Gasteiger charge is -2.21. The molecule has 0 bridgehead atoms. The number of pyridine rings is 1. The van der Waals surface area contributed by atoms with Crippen LogP contribution in [-0.2, 0) is 6.54 Å². The molecule has 0 atom stereocenters. The van der Waals surface area contributed by atoms with E-state index in [1.54, 1.807) is 35.0 Å². The number of hydrogen-bond donors (Lipinski definition) is 1. The number of nitrogens with one attached hydrogen (secondary N) is 1. The minimum atomic E-state index is -0.191. The van der Waals surface area contributed by atoms with Crippen molar-refractivity contribution in [3.8, 4) is 0 Å². The summed E-state index contributed by atoms with van der Waals surface area (Å²) in [7, 11) is 0. The number of rotatable bonds is 4. The second kappa shape index (κ2) is 7.86. The molecule has 3 aromatic rings. The third-order valence-corrected chi connectivity index (χ3v) is 5.71. The quantitative estimate of drug-likeness (QED) is 0.728. The minimum Gasteiger partial charge on any atom is -0.346 e. The third-order valence-electron chi connectivity index (χ3n) is 4.57. The van der Waals surface area contributed by atoms with Crippen molar-refractivity contribution in [3.63, 3.8) is 0 Å². The summed E-state index contributed by atoms with van der Waals surface area (Å²) in [6.45, 7) is 2.82. The zero-order valence-corrected chi connectivity index (χ0v) is 16.2.